The van der Waals surface area contributed by atoms with E-state index in [1.807, 2.05) is 39.8 Å². The van der Waals surface area contributed by atoms with E-state index in [1.165, 1.54) is 0 Å². The quantitative estimate of drug-likeness (QED) is 0.901. The lowest BCUT2D eigenvalue weighted by Crippen LogP contribution is -2.42. The summed E-state index contributed by atoms with van der Waals surface area (Å²) in [5.74, 6) is 0.0488. The van der Waals surface area contributed by atoms with Gasteiger partial charge >= 0.3 is 5.97 Å². The number of carboxylic acid groups (broad SMARTS) is 1. The largest absolute Gasteiger partial charge is 0.490 e. The van der Waals surface area contributed by atoms with E-state index in [1.54, 1.807) is 0 Å². The molecule has 19 heavy (non-hydrogen) atoms. The minimum absolute atomic E-state index is 0.0465. The number of hydrogen-bond acceptors (Lipinski definition) is 2. The third-order valence-electron chi connectivity index (χ3n) is 4.16. The van der Waals surface area contributed by atoms with E-state index >= 15 is 0 Å². The number of hydrogen-bond donors (Lipinski definition) is 1. The fourth-order valence-electron chi connectivity index (χ4n) is 2.68. The van der Waals surface area contributed by atoms with Crippen molar-refractivity contribution in [1.29, 1.82) is 0 Å². The van der Waals surface area contributed by atoms with Gasteiger partial charge in [-0.25, -0.2) is 0 Å². The van der Waals surface area contributed by atoms with Crippen molar-refractivity contribution in [2.45, 2.75) is 58.5 Å². The zero-order chi connectivity index (χ0) is 14.2. The molecule has 0 unspecified atom stereocenters. The molecular weight excluding hydrogens is 240 g/mol. The Morgan fingerprint density at radius 1 is 1.32 bits per heavy atom. The van der Waals surface area contributed by atoms with E-state index in [9.17, 15) is 9.90 Å². The van der Waals surface area contributed by atoms with Crippen LogP contribution in [0.2, 0.25) is 0 Å². The summed E-state index contributed by atoms with van der Waals surface area (Å²) in [5.41, 5.74) is 2.31. The summed E-state index contributed by atoms with van der Waals surface area (Å²) in [5, 5.41) is 9.60. The van der Waals surface area contributed by atoms with Gasteiger partial charge in [0.25, 0.3) is 0 Å². The lowest BCUT2D eigenvalue weighted by Gasteiger charge is -2.39. The van der Waals surface area contributed by atoms with E-state index in [0.717, 1.165) is 28.9 Å². The van der Waals surface area contributed by atoms with Crippen molar-refractivity contribution < 1.29 is 14.6 Å². The van der Waals surface area contributed by atoms with Crippen LogP contribution in [0.25, 0.3) is 0 Å². The van der Waals surface area contributed by atoms with Crippen molar-refractivity contribution in [3.8, 4) is 5.75 Å². The molecule has 1 aromatic rings. The Bertz CT molecular complexity index is 499. The van der Waals surface area contributed by atoms with Gasteiger partial charge in [0, 0.05) is 5.56 Å². The fourth-order valence-corrected chi connectivity index (χ4v) is 2.68. The van der Waals surface area contributed by atoms with E-state index in [2.05, 4.69) is 0 Å². The molecule has 104 valence electrons. The molecule has 1 N–H and O–H groups in total. The minimum Gasteiger partial charge on any atom is -0.490 e. The summed E-state index contributed by atoms with van der Waals surface area (Å²) in [7, 11) is 0. The van der Waals surface area contributed by atoms with E-state index in [0.29, 0.717) is 12.8 Å². The zero-order valence-electron chi connectivity index (χ0n) is 12.1. The Kier molecular flexibility index (Phi) is 3.57. The summed E-state index contributed by atoms with van der Waals surface area (Å²) < 4.78 is 5.93. The van der Waals surface area contributed by atoms with Gasteiger partial charge in [0.15, 0.2) is 0 Å². The third-order valence-corrected chi connectivity index (χ3v) is 4.16. The van der Waals surface area contributed by atoms with Crippen LogP contribution in [-0.4, -0.2) is 17.2 Å². The second kappa shape index (κ2) is 4.87. The van der Waals surface area contributed by atoms with Gasteiger partial charge in [0.1, 0.15) is 5.75 Å². The second-order valence-electron chi connectivity index (χ2n) is 5.79. The first kappa shape index (κ1) is 13.9. The van der Waals surface area contributed by atoms with Gasteiger partial charge in [-0.2, -0.15) is 0 Å². The lowest BCUT2D eigenvalue weighted by molar-refractivity contribution is -0.147. The monoisotopic (exact) mass is 262 g/mol. The summed E-state index contributed by atoms with van der Waals surface area (Å²) in [4.78, 5) is 11.7. The molecule has 1 aromatic carbocycles. The standard InChI is InChI=1S/C16H22O3/c1-10(2)19-14-12(4)11(3)6-7-13(14)16(15(17)18)8-5-9-16/h6-7,10H,5,8-9H2,1-4H3,(H,17,18). The molecule has 1 aliphatic carbocycles. The van der Waals surface area contributed by atoms with Gasteiger partial charge in [-0.3, -0.25) is 4.79 Å². The molecule has 0 aromatic heterocycles. The van der Waals surface area contributed by atoms with Crippen molar-refractivity contribution in [2.75, 3.05) is 0 Å². The predicted octanol–water partition coefficient (Wildman–Crippen LogP) is 3.60. The normalized spacial score (nSPS) is 17.1. The van der Waals surface area contributed by atoms with Crippen LogP contribution < -0.4 is 4.74 Å². The maximum absolute atomic E-state index is 11.7. The smallest absolute Gasteiger partial charge is 0.314 e. The Hall–Kier alpha value is -1.51. The van der Waals surface area contributed by atoms with Crippen molar-refractivity contribution in [1.82, 2.24) is 0 Å². The molecule has 0 atom stereocenters. The van der Waals surface area contributed by atoms with Crippen LogP contribution in [0, 0.1) is 13.8 Å². The van der Waals surface area contributed by atoms with Gasteiger partial charge in [0.05, 0.1) is 11.5 Å². The molecule has 3 nitrogen and oxygen atoms in total. The molecule has 0 bridgehead atoms. The van der Waals surface area contributed by atoms with Gasteiger partial charge in [-0.15, -0.1) is 0 Å². The number of rotatable bonds is 4. The number of aliphatic carboxylic acids is 1. The number of carbonyl (C=O) groups is 1. The van der Waals surface area contributed by atoms with Gasteiger partial charge < -0.3 is 9.84 Å². The summed E-state index contributed by atoms with van der Waals surface area (Å²) in [6.45, 7) is 7.98. The van der Waals surface area contributed by atoms with Crippen molar-refractivity contribution in [3.63, 3.8) is 0 Å². The molecule has 0 spiro atoms. The molecule has 2 rings (SSSR count). The van der Waals surface area contributed by atoms with Gasteiger partial charge in [0.2, 0.25) is 0 Å². The molecule has 0 heterocycles. The first-order chi connectivity index (χ1) is 8.88. The van der Waals surface area contributed by atoms with Crippen molar-refractivity contribution in [3.05, 3.63) is 28.8 Å². The summed E-state index contributed by atoms with van der Waals surface area (Å²) in [6.07, 6.45) is 2.43. The molecule has 0 aliphatic heterocycles. The number of carboxylic acids is 1. The Morgan fingerprint density at radius 2 is 1.95 bits per heavy atom. The Labute approximate surface area is 114 Å². The van der Waals surface area contributed by atoms with Gasteiger partial charge in [-0.1, -0.05) is 18.6 Å². The Balaban J connectivity index is 2.56. The van der Waals surface area contributed by atoms with Crippen LogP contribution in [0.5, 0.6) is 5.75 Å². The maximum Gasteiger partial charge on any atom is 0.314 e. The molecule has 3 heteroatoms. The average Bonchev–Trinajstić information content (AvgIpc) is 2.25. The third kappa shape index (κ3) is 2.22. The van der Waals surface area contributed by atoms with Crippen LogP contribution in [0.15, 0.2) is 12.1 Å². The highest BCUT2D eigenvalue weighted by Crippen LogP contribution is 2.48. The van der Waals surface area contributed by atoms with E-state index in [4.69, 9.17) is 4.74 Å². The van der Waals surface area contributed by atoms with Crippen LogP contribution in [0.1, 0.15) is 49.8 Å². The Morgan fingerprint density at radius 3 is 2.37 bits per heavy atom. The molecule has 1 aliphatic rings. The second-order valence-corrected chi connectivity index (χ2v) is 5.79. The molecule has 0 amide bonds. The van der Waals surface area contributed by atoms with Crippen LogP contribution in [0.3, 0.4) is 0 Å². The highest BCUT2D eigenvalue weighted by Gasteiger charge is 2.48. The van der Waals surface area contributed by atoms with Crippen LogP contribution in [0.4, 0.5) is 0 Å². The van der Waals surface area contributed by atoms with Crippen LogP contribution in [-0.2, 0) is 10.2 Å². The maximum atomic E-state index is 11.7. The van der Waals surface area contributed by atoms with Crippen molar-refractivity contribution >= 4 is 5.97 Å². The SMILES string of the molecule is Cc1ccc(C2(C(=O)O)CCC2)c(OC(C)C)c1C. The first-order valence-electron chi connectivity index (χ1n) is 6.89. The summed E-state index contributed by atoms with van der Waals surface area (Å²) in [6, 6.07) is 3.94. The number of benzene rings is 1. The van der Waals surface area contributed by atoms with Crippen molar-refractivity contribution in [2.24, 2.45) is 0 Å². The molecule has 1 saturated carbocycles. The fraction of sp³-hybridized carbons (Fsp3) is 0.562. The highest BCUT2D eigenvalue weighted by molar-refractivity contribution is 5.84. The highest BCUT2D eigenvalue weighted by atomic mass is 16.5. The molecule has 0 radical (unpaired) electrons. The first-order valence-corrected chi connectivity index (χ1v) is 6.89. The molecule has 0 saturated heterocycles. The number of aryl methyl sites for hydroxylation is 1. The van der Waals surface area contributed by atoms with E-state index < -0.39 is 11.4 Å². The average molecular weight is 262 g/mol. The summed E-state index contributed by atoms with van der Waals surface area (Å²) >= 11 is 0. The van der Waals surface area contributed by atoms with Crippen LogP contribution >= 0.6 is 0 Å². The predicted molar refractivity (Wildman–Crippen MR) is 74.8 cm³/mol. The van der Waals surface area contributed by atoms with Gasteiger partial charge in [-0.05, 0) is 51.7 Å². The molecule has 1 fully saturated rings. The lowest BCUT2D eigenvalue weighted by atomic mass is 9.64. The molecular formula is C16H22O3. The van der Waals surface area contributed by atoms with E-state index in [-0.39, 0.29) is 6.10 Å². The minimum atomic E-state index is -0.733. The number of ether oxygens (including phenoxy) is 1. The zero-order valence-corrected chi connectivity index (χ0v) is 12.1. The topological polar surface area (TPSA) is 46.5 Å².